The number of fused-ring (bicyclic) bond motifs is 1. The van der Waals surface area contributed by atoms with Crippen molar-refractivity contribution >= 4 is 51.7 Å². The molecule has 1 aromatic heterocycles. The van der Waals surface area contributed by atoms with E-state index in [0.717, 1.165) is 24.2 Å². The van der Waals surface area contributed by atoms with Crippen LogP contribution in [0.1, 0.15) is 18.5 Å². The fourth-order valence-corrected chi connectivity index (χ4v) is 5.60. The van der Waals surface area contributed by atoms with Crippen molar-refractivity contribution in [3.63, 3.8) is 0 Å². The quantitative estimate of drug-likeness (QED) is 0.306. The van der Waals surface area contributed by atoms with Crippen LogP contribution in [0.15, 0.2) is 21.8 Å². The van der Waals surface area contributed by atoms with Gasteiger partial charge in [0.15, 0.2) is 10.8 Å². The Morgan fingerprint density at radius 2 is 2.30 bits per heavy atom. The van der Waals surface area contributed by atoms with Crippen LogP contribution in [0.5, 0.6) is 0 Å². The van der Waals surface area contributed by atoms with Gasteiger partial charge in [-0.1, -0.05) is 5.16 Å². The van der Waals surface area contributed by atoms with Crippen LogP contribution in [0.4, 0.5) is 5.13 Å². The van der Waals surface area contributed by atoms with Crippen molar-refractivity contribution in [1.29, 1.82) is 0 Å². The summed E-state index contributed by atoms with van der Waals surface area (Å²) in [6.07, 6.45) is 1.29. The number of aromatic nitrogens is 1. The second-order valence-electron chi connectivity index (χ2n) is 6.74. The zero-order valence-electron chi connectivity index (χ0n) is 15.9. The molecule has 2 fully saturated rings. The number of nitrogens with two attached hydrogens (primary N) is 1. The molecule has 160 valence electrons. The monoisotopic (exact) mass is 453 g/mol. The molecule has 4 heterocycles. The van der Waals surface area contributed by atoms with E-state index in [1.54, 1.807) is 5.38 Å². The number of hydrogen-bond acceptors (Lipinski definition) is 10. The van der Waals surface area contributed by atoms with Crippen molar-refractivity contribution in [1.82, 2.24) is 15.2 Å². The molecule has 3 unspecified atom stereocenters. The van der Waals surface area contributed by atoms with Crippen LogP contribution < -0.4 is 11.1 Å². The Morgan fingerprint density at radius 3 is 2.90 bits per heavy atom. The maximum Gasteiger partial charge on any atom is 0.352 e. The van der Waals surface area contributed by atoms with Gasteiger partial charge in [0.25, 0.3) is 11.8 Å². The number of nitrogen functional groups attached to an aromatic ring is 1. The van der Waals surface area contributed by atoms with Crippen LogP contribution in [0.25, 0.3) is 0 Å². The number of oxime groups is 1. The van der Waals surface area contributed by atoms with E-state index in [2.05, 4.69) is 15.5 Å². The van der Waals surface area contributed by atoms with Crippen molar-refractivity contribution in [2.75, 3.05) is 25.2 Å². The summed E-state index contributed by atoms with van der Waals surface area (Å²) in [7, 11) is 1.28. The van der Waals surface area contributed by atoms with Crippen LogP contribution in [-0.4, -0.2) is 75.5 Å². The third-order valence-corrected chi connectivity index (χ3v) is 6.94. The van der Waals surface area contributed by atoms with Crippen molar-refractivity contribution < 1.29 is 29.1 Å². The molecule has 11 nitrogen and oxygen atoms in total. The molecular weight excluding hydrogens is 434 g/mol. The molecule has 0 aromatic carbocycles. The molecule has 3 atom stereocenters. The molecule has 1 aromatic rings. The lowest BCUT2D eigenvalue weighted by Gasteiger charge is -2.49. The fraction of sp³-hybridized carbons (Fsp3) is 0.471. The maximum atomic E-state index is 12.8. The van der Waals surface area contributed by atoms with E-state index in [9.17, 15) is 19.5 Å². The van der Waals surface area contributed by atoms with E-state index in [1.807, 2.05) is 0 Å². The maximum absolute atomic E-state index is 12.8. The number of thioether (sulfide) groups is 1. The Morgan fingerprint density at radius 1 is 1.50 bits per heavy atom. The zero-order valence-corrected chi connectivity index (χ0v) is 17.5. The highest BCUT2D eigenvalue weighted by Crippen LogP contribution is 2.42. The molecule has 0 aliphatic carbocycles. The van der Waals surface area contributed by atoms with Crippen molar-refractivity contribution in [3.05, 3.63) is 22.3 Å². The Bertz CT molecular complexity index is 954. The lowest BCUT2D eigenvalue weighted by atomic mass is 9.99. The average Bonchev–Trinajstić information content (AvgIpc) is 3.40. The summed E-state index contributed by atoms with van der Waals surface area (Å²) in [5, 5.41) is 17.3. The van der Waals surface area contributed by atoms with E-state index >= 15 is 0 Å². The number of aliphatic carboxylic acids is 1. The molecule has 0 saturated carbocycles. The molecule has 4 N–H and O–H groups in total. The summed E-state index contributed by atoms with van der Waals surface area (Å²) in [6.45, 7) is 0.574. The summed E-state index contributed by atoms with van der Waals surface area (Å²) >= 11 is 2.53. The summed E-state index contributed by atoms with van der Waals surface area (Å²) in [5.74, 6) is -1.92. The predicted molar refractivity (Wildman–Crippen MR) is 109 cm³/mol. The summed E-state index contributed by atoms with van der Waals surface area (Å²) in [5.41, 5.74) is 6.29. The van der Waals surface area contributed by atoms with Crippen LogP contribution >= 0.6 is 23.1 Å². The second-order valence-corrected chi connectivity index (χ2v) is 8.73. The largest absolute Gasteiger partial charge is 0.477 e. The summed E-state index contributed by atoms with van der Waals surface area (Å²) < 4.78 is 5.63. The third-order valence-electron chi connectivity index (χ3n) is 4.97. The number of ether oxygens (including phenoxy) is 1. The molecule has 2 amide bonds. The number of nitrogens with one attached hydrogen (secondary N) is 1. The van der Waals surface area contributed by atoms with Gasteiger partial charge in [-0.3, -0.25) is 14.5 Å². The van der Waals surface area contributed by atoms with Gasteiger partial charge in [-0.2, -0.15) is 0 Å². The highest BCUT2D eigenvalue weighted by molar-refractivity contribution is 8.00. The van der Waals surface area contributed by atoms with Gasteiger partial charge >= 0.3 is 5.97 Å². The number of β-lactam (4-membered cyclic amide) rings is 1. The van der Waals surface area contributed by atoms with Crippen molar-refractivity contribution in [3.8, 4) is 0 Å². The van der Waals surface area contributed by atoms with Crippen LogP contribution in [0.3, 0.4) is 0 Å². The molecule has 0 spiro atoms. The molecule has 13 heteroatoms. The van der Waals surface area contributed by atoms with E-state index in [1.165, 1.54) is 23.8 Å². The number of rotatable bonds is 6. The molecule has 3 aliphatic rings. The van der Waals surface area contributed by atoms with Gasteiger partial charge in [0.2, 0.25) is 0 Å². The first-order valence-corrected chi connectivity index (χ1v) is 11.0. The van der Waals surface area contributed by atoms with Gasteiger partial charge in [-0.05, 0) is 18.4 Å². The first-order valence-electron chi connectivity index (χ1n) is 9.08. The number of hydrogen-bond donors (Lipinski definition) is 3. The summed E-state index contributed by atoms with van der Waals surface area (Å²) in [6, 6.07) is -0.888. The van der Waals surface area contributed by atoms with Crippen LogP contribution in [0.2, 0.25) is 0 Å². The van der Waals surface area contributed by atoms with Crippen LogP contribution in [-0.2, 0) is 24.0 Å². The molecule has 4 rings (SSSR count). The van der Waals surface area contributed by atoms with Gasteiger partial charge < -0.3 is 25.7 Å². The van der Waals surface area contributed by atoms with E-state index < -0.39 is 29.2 Å². The topological polar surface area (TPSA) is 156 Å². The minimum atomic E-state index is -1.18. The second kappa shape index (κ2) is 8.24. The fourth-order valence-electron chi connectivity index (χ4n) is 3.64. The molecule has 3 aliphatic heterocycles. The lowest BCUT2D eigenvalue weighted by molar-refractivity contribution is -0.150. The third kappa shape index (κ3) is 3.52. The van der Waals surface area contributed by atoms with E-state index in [4.69, 9.17) is 15.3 Å². The zero-order chi connectivity index (χ0) is 21.4. The molecule has 30 heavy (non-hydrogen) atoms. The number of amides is 2. The Balaban J connectivity index is 1.53. The SMILES string of the molecule is CO/N=C(/C(=O)NC1C(=O)N2C(C(=O)O)=C(C3CCCO3)CSC12)c1csc(N)n1. The normalized spacial score (nSPS) is 26.3. The first-order chi connectivity index (χ1) is 14.4. The van der Waals surface area contributed by atoms with Crippen LogP contribution in [0, 0.1) is 0 Å². The number of nitrogens with zero attached hydrogens (tertiary/aromatic N) is 3. The van der Waals surface area contributed by atoms with Gasteiger partial charge in [0.05, 0.1) is 6.10 Å². The predicted octanol–water partition coefficient (Wildman–Crippen LogP) is -0.00660. The molecule has 0 bridgehead atoms. The van der Waals surface area contributed by atoms with Gasteiger partial charge in [-0.25, -0.2) is 9.78 Å². The lowest BCUT2D eigenvalue weighted by Crippen LogP contribution is -2.71. The smallest absolute Gasteiger partial charge is 0.352 e. The van der Waals surface area contributed by atoms with Gasteiger partial charge in [0.1, 0.15) is 29.9 Å². The standard InChI is InChI=1S/C17H19N5O6S2/c1-27-21-10(8-6-30-17(18)19-8)13(23)20-11-14(24)22-12(16(25)26)7(5-29-15(11)22)9-3-2-4-28-9/h6,9,11,15H,2-5H2,1H3,(H2,18,19)(H,20,23)(H,25,26)/b21-10+. The van der Waals surface area contributed by atoms with Gasteiger partial charge in [-0.15, -0.1) is 23.1 Å². The molecule has 2 saturated heterocycles. The first kappa shape index (κ1) is 20.6. The molecule has 0 radical (unpaired) electrons. The molecular formula is C17H19N5O6S2. The Labute approximate surface area is 179 Å². The Kier molecular flexibility index (Phi) is 5.66. The number of carbonyl (C=O) groups excluding carboxylic acids is 2. The van der Waals surface area contributed by atoms with Crippen molar-refractivity contribution in [2.45, 2.75) is 30.4 Å². The number of anilines is 1. The average molecular weight is 454 g/mol. The van der Waals surface area contributed by atoms with E-state index in [0.29, 0.717) is 17.9 Å². The van der Waals surface area contributed by atoms with E-state index in [-0.39, 0.29) is 28.3 Å². The summed E-state index contributed by atoms with van der Waals surface area (Å²) in [4.78, 5) is 47.4. The Hall–Kier alpha value is -2.64. The number of carbonyl (C=O) groups is 3. The number of carboxylic acids is 1. The highest BCUT2D eigenvalue weighted by Gasteiger charge is 2.55. The minimum absolute atomic E-state index is 0.0424. The van der Waals surface area contributed by atoms with Gasteiger partial charge in [0, 0.05) is 17.7 Å². The van der Waals surface area contributed by atoms with Crippen molar-refractivity contribution in [2.24, 2.45) is 5.16 Å². The highest BCUT2D eigenvalue weighted by atomic mass is 32.2. The number of thiazole rings is 1. The number of carboxylic acid groups (broad SMARTS) is 1. The minimum Gasteiger partial charge on any atom is -0.477 e.